The molecule has 2 N–H and O–H groups in total. The van der Waals surface area contributed by atoms with Gasteiger partial charge in [-0.05, 0) is 41.6 Å². The van der Waals surface area contributed by atoms with Crippen molar-refractivity contribution in [1.82, 2.24) is 10.9 Å². The Morgan fingerprint density at radius 3 is 2.71 bits per heavy atom. The van der Waals surface area contributed by atoms with Crippen LogP contribution in [-0.4, -0.2) is 11.8 Å². The third-order valence-corrected chi connectivity index (χ3v) is 4.17. The van der Waals surface area contributed by atoms with Crippen molar-refractivity contribution in [2.75, 3.05) is 0 Å². The lowest BCUT2D eigenvalue weighted by atomic mass is 10.1. The van der Waals surface area contributed by atoms with Gasteiger partial charge in [-0.15, -0.1) is 11.3 Å². The predicted octanol–water partition coefficient (Wildman–Crippen LogP) is 3.29. The molecule has 1 aromatic heterocycles. The number of hydrogen-bond acceptors (Lipinski definition) is 3. The highest BCUT2D eigenvalue weighted by molar-refractivity contribution is 9.10. The summed E-state index contributed by atoms with van der Waals surface area (Å²) in [5.41, 5.74) is 6.71. The minimum atomic E-state index is -0.396. The Bertz CT molecular complexity index is 681. The van der Waals surface area contributed by atoms with Gasteiger partial charge in [0.25, 0.3) is 11.8 Å². The highest BCUT2D eigenvalue weighted by Gasteiger charge is 2.06. The standard InChI is InChI=1S/C15H13BrN2O2S/c1-10-4-5-11(12(16)9-10)6-7-14(19)17-18-15(20)13-3-2-8-21-13/h2-9H,1H3,(H,17,19)(H,18,20)/b7-6+. The highest BCUT2D eigenvalue weighted by atomic mass is 79.9. The molecule has 0 bridgehead atoms. The summed E-state index contributed by atoms with van der Waals surface area (Å²) in [6.07, 6.45) is 3.04. The molecule has 1 aromatic carbocycles. The van der Waals surface area contributed by atoms with E-state index in [1.807, 2.05) is 25.1 Å². The first-order valence-corrected chi connectivity index (χ1v) is 7.81. The molecule has 108 valence electrons. The van der Waals surface area contributed by atoms with Crippen LogP contribution in [0.4, 0.5) is 0 Å². The number of carbonyl (C=O) groups is 2. The first-order chi connectivity index (χ1) is 10.1. The molecule has 21 heavy (non-hydrogen) atoms. The van der Waals surface area contributed by atoms with E-state index in [2.05, 4.69) is 26.8 Å². The van der Waals surface area contributed by atoms with Crippen LogP contribution < -0.4 is 10.9 Å². The molecule has 2 amide bonds. The van der Waals surface area contributed by atoms with E-state index in [-0.39, 0.29) is 5.91 Å². The largest absolute Gasteiger partial charge is 0.279 e. The van der Waals surface area contributed by atoms with Crippen molar-refractivity contribution in [2.24, 2.45) is 0 Å². The van der Waals surface area contributed by atoms with Crippen LogP contribution in [0, 0.1) is 6.92 Å². The zero-order valence-corrected chi connectivity index (χ0v) is 13.6. The molecule has 0 saturated heterocycles. The number of hydrogen-bond donors (Lipinski definition) is 2. The predicted molar refractivity (Wildman–Crippen MR) is 87.8 cm³/mol. The molecule has 0 aliphatic carbocycles. The van der Waals surface area contributed by atoms with Gasteiger partial charge in [-0.25, -0.2) is 0 Å². The smallest absolute Gasteiger partial charge is 0.268 e. The lowest BCUT2D eigenvalue weighted by Crippen LogP contribution is -2.40. The molecule has 0 unspecified atom stereocenters. The average Bonchev–Trinajstić information content (AvgIpc) is 2.98. The Morgan fingerprint density at radius 2 is 2.05 bits per heavy atom. The van der Waals surface area contributed by atoms with Gasteiger partial charge in [0.1, 0.15) is 0 Å². The number of benzene rings is 1. The van der Waals surface area contributed by atoms with Crippen LogP contribution in [0.1, 0.15) is 20.8 Å². The number of aryl methyl sites for hydroxylation is 1. The van der Waals surface area contributed by atoms with Crippen molar-refractivity contribution in [3.8, 4) is 0 Å². The summed E-state index contributed by atoms with van der Waals surface area (Å²) in [6, 6.07) is 9.30. The molecule has 0 saturated carbocycles. The lowest BCUT2D eigenvalue weighted by molar-refractivity contribution is -0.117. The highest BCUT2D eigenvalue weighted by Crippen LogP contribution is 2.19. The van der Waals surface area contributed by atoms with E-state index in [1.165, 1.54) is 17.4 Å². The van der Waals surface area contributed by atoms with E-state index < -0.39 is 5.91 Å². The number of halogens is 1. The zero-order chi connectivity index (χ0) is 15.2. The van der Waals surface area contributed by atoms with Crippen LogP contribution in [0.15, 0.2) is 46.3 Å². The molecule has 6 heteroatoms. The van der Waals surface area contributed by atoms with Crippen LogP contribution in [-0.2, 0) is 4.79 Å². The summed E-state index contributed by atoms with van der Waals surface area (Å²) >= 11 is 4.74. The van der Waals surface area contributed by atoms with E-state index in [0.29, 0.717) is 4.88 Å². The summed E-state index contributed by atoms with van der Waals surface area (Å²) < 4.78 is 0.911. The fourth-order valence-corrected chi connectivity index (χ4v) is 2.81. The molecular weight excluding hydrogens is 352 g/mol. The van der Waals surface area contributed by atoms with Gasteiger partial charge in [-0.3, -0.25) is 20.4 Å². The Balaban J connectivity index is 1.89. The zero-order valence-electron chi connectivity index (χ0n) is 11.2. The Morgan fingerprint density at radius 1 is 1.24 bits per heavy atom. The normalized spacial score (nSPS) is 10.6. The van der Waals surface area contributed by atoms with Crippen molar-refractivity contribution >= 4 is 45.2 Å². The van der Waals surface area contributed by atoms with Gasteiger partial charge in [0.05, 0.1) is 4.88 Å². The maximum absolute atomic E-state index is 11.6. The van der Waals surface area contributed by atoms with Gasteiger partial charge in [-0.1, -0.05) is 34.1 Å². The van der Waals surface area contributed by atoms with E-state index in [4.69, 9.17) is 0 Å². The Labute approximate surface area is 135 Å². The quantitative estimate of drug-likeness (QED) is 0.648. The number of hydrazine groups is 1. The summed E-state index contributed by atoms with van der Waals surface area (Å²) in [7, 11) is 0. The minimum Gasteiger partial charge on any atom is -0.268 e. The third-order valence-electron chi connectivity index (χ3n) is 2.61. The molecule has 1 heterocycles. The SMILES string of the molecule is Cc1ccc(/C=C/C(=O)NNC(=O)c2cccs2)c(Br)c1. The van der Waals surface area contributed by atoms with Crippen LogP contribution in [0.5, 0.6) is 0 Å². The number of carbonyl (C=O) groups excluding carboxylic acids is 2. The number of rotatable bonds is 3. The minimum absolute atomic E-state index is 0.330. The molecule has 4 nitrogen and oxygen atoms in total. The molecule has 2 aromatic rings. The molecule has 0 aliphatic rings. The summed E-state index contributed by atoms with van der Waals surface area (Å²) in [5.74, 6) is -0.726. The number of thiophene rings is 1. The van der Waals surface area contributed by atoms with Crippen molar-refractivity contribution in [3.63, 3.8) is 0 Å². The maximum Gasteiger partial charge on any atom is 0.279 e. The topological polar surface area (TPSA) is 58.2 Å². The monoisotopic (exact) mass is 364 g/mol. The summed E-state index contributed by atoms with van der Waals surface area (Å²) in [6.45, 7) is 1.99. The number of amides is 2. The summed E-state index contributed by atoms with van der Waals surface area (Å²) in [4.78, 5) is 23.8. The van der Waals surface area contributed by atoms with Gasteiger partial charge in [-0.2, -0.15) is 0 Å². The molecule has 2 rings (SSSR count). The van der Waals surface area contributed by atoms with E-state index in [0.717, 1.165) is 15.6 Å². The Kier molecular flexibility index (Phi) is 5.30. The fourth-order valence-electron chi connectivity index (χ4n) is 1.56. The van der Waals surface area contributed by atoms with Gasteiger partial charge in [0, 0.05) is 10.5 Å². The number of nitrogens with one attached hydrogen (secondary N) is 2. The third kappa shape index (κ3) is 4.54. The van der Waals surface area contributed by atoms with Crippen LogP contribution in [0.3, 0.4) is 0 Å². The second-order valence-corrected chi connectivity index (χ2v) is 6.08. The van der Waals surface area contributed by atoms with Gasteiger partial charge >= 0.3 is 0 Å². The average molecular weight is 365 g/mol. The van der Waals surface area contributed by atoms with Crippen LogP contribution in [0.2, 0.25) is 0 Å². The molecule has 0 spiro atoms. The van der Waals surface area contributed by atoms with Crippen molar-refractivity contribution in [2.45, 2.75) is 6.92 Å². The van der Waals surface area contributed by atoms with Gasteiger partial charge in [0.2, 0.25) is 0 Å². The lowest BCUT2D eigenvalue weighted by Gasteiger charge is -2.03. The fraction of sp³-hybridized carbons (Fsp3) is 0.0667. The van der Waals surface area contributed by atoms with E-state index >= 15 is 0 Å². The summed E-state index contributed by atoms with van der Waals surface area (Å²) in [5, 5.41) is 1.80. The maximum atomic E-state index is 11.6. The molecule has 0 fully saturated rings. The van der Waals surface area contributed by atoms with Crippen molar-refractivity contribution in [3.05, 3.63) is 62.3 Å². The van der Waals surface area contributed by atoms with Gasteiger partial charge < -0.3 is 0 Å². The van der Waals surface area contributed by atoms with Crippen molar-refractivity contribution < 1.29 is 9.59 Å². The first kappa shape index (κ1) is 15.5. The van der Waals surface area contributed by atoms with Crippen molar-refractivity contribution in [1.29, 1.82) is 0 Å². The van der Waals surface area contributed by atoms with E-state index in [9.17, 15) is 9.59 Å². The first-order valence-electron chi connectivity index (χ1n) is 6.14. The van der Waals surface area contributed by atoms with Crippen LogP contribution >= 0.6 is 27.3 Å². The second-order valence-electron chi connectivity index (χ2n) is 4.28. The molecule has 0 atom stereocenters. The second kappa shape index (κ2) is 7.19. The Hall–Kier alpha value is -1.92. The molecular formula is C15H13BrN2O2S. The molecule has 0 radical (unpaired) electrons. The van der Waals surface area contributed by atoms with Crippen LogP contribution in [0.25, 0.3) is 6.08 Å². The van der Waals surface area contributed by atoms with E-state index in [1.54, 1.807) is 23.6 Å². The van der Waals surface area contributed by atoms with Gasteiger partial charge in [0.15, 0.2) is 0 Å². The molecule has 0 aliphatic heterocycles.